The van der Waals surface area contributed by atoms with Gasteiger partial charge in [-0.1, -0.05) is 28.1 Å². The molecular weight excluding hydrogens is 363 g/mol. The van der Waals surface area contributed by atoms with Crippen LogP contribution in [0.4, 0.5) is 10.1 Å². The molecule has 6 heteroatoms. The summed E-state index contributed by atoms with van der Waals surface area (Å²) < 4.78 is 13.7. The summed E-state index contributed by atoms with van der Waals surface area (Å²) >= 11 is 3.32. The minimum atomic E-state index is -0.503. The third-order valence-corrected chi connectivity index (χ3v) is 4.27. The molecule has 0 aliphatic carbocycles. The summed E-state index contributed by atoms with van der Waals surface area (Å²) in [5.74, 6) is -1.25. The average Bonchev–Trinajstić information content (AvgIpc) is 2.74. The highest BCUT2D eigenvalue weighted by molar-refractivity contribution is 9.10. The summed E-state index contributed by atoms with van der Waals surface area (Å²) in [6.45, 7) is 1.00. The fourth-order valence-electron chi connectivity index (χ4n) is 2.71. The topological polar surface area (TPSA) is 41.8 Å². The van der Waals surface area contributed by atoms with Gasteiger partial charge in [0.15, 0.2) is 6.67 Å². The number of quaternary nitrogens is 1. The molecule has 0 radical (unpaired) electrons. The SMILES string of the molecule is C[NH+](Cc1ccc(F)cc1)CN1C(=O)C(=O)c2cc(Br)ccc21. The summed E-state index contributed by atoms with van der Waals surface area (Å²) in [7, 11) is 1.93. The Morgan fingerprint density at radius 3 is 2.52 bits per heavy atom. The van der Waals surface area contributed by atoms with Gasteiger partial charge in [0.1, 0.15) is 12.4 Å². The number of amides is 1. The van der Waals surface area contributed by atoms with Crippen molar-refractivity contribution in [3.05, 3.63) is 63.9 Å². The van der Waals surface area contributed by atoms with Crippen LogP contribution >= 0.6 is 15.9 Å². The predicted molar refractivity (Wildman–Crippen MR) is 87.8 cm³/mol. The molecule has 0 spiro atoms. The van der Waals surface area contributed by atoms with Crippen LogP contribution in [0.5, 0.6) is 0 Å². The van der Waals surface area contributed by atoms with Gasteiger partial charge in [0, 0.05) is 10.0 Å². The number of nitrogens with one attached hydrogen (secondary N) is 1. The maximum atomic E-state index is 12.9. The third kappa shape index (κ3) is 3.18. The Hall–Kier alpha value is -2.05. The average molecular weight is 378 g/mol. The number of Topliss-reactive ketones (excluding diaryl/α,β-unsaturated/α-hetero) is 1. The second-order valence-corrected chi connectivity index (χ2v) is 6.56. The monoisotopic (exact) mass is 377 g/mol. The van der Waals surface area contributed by atoms with Gasteiger partial charge in [-0.2, -0.15) is 0 Å². The second-order valence-electron chi connectivity index (χ2n) is 5.64. The van der Waals surface area contributed by atoms with E-state index in [1.807, 2.05) is 13.1 Å². The van der Waals surface area contributed by atoms with E-state index in [0.29, 0.717) is 24.5 Å². The Labute approximate surface area is 141 Å². The number of halogens is 2. The number of fused-ring (bicyclic) bond motifs is 1. The van der Waals surface area contributed by atoms with Crippen LogP contribution in [0.1, 0.15) is 15.9 Å². The highest BCUT2D eigenvalue weighted by atomic mass is 79.9. The largest absolute Gasteiger partial charge is 0.316 e. The van der Waals surface area contributed by atoms with E-state index >= 15 is 0 Å². The fraction of sp³-hybridized carbons (Fsp3) is 0.176. The maximum absolute atomic E-state index is 12.9. The van der Waals surface area contributed by atoms with Gasteiger partial charge < -0.3 is 4.90 Å². The molecule has 2 aromatic carbocycles. The molecule has 4 nitrogen and oxygen atoms in total. The van der Waals surface area contributed by atoms with Crippen molar-refractivity contribution >= 4 is 33.3 Å². The van der Waals surface area contributed by atoms with Crippen molar-refractivity contribution in [3.8, 4) is 0 Å². The summed E-state index contributed by atoms with van der Waals surface area (Å²) in [6, 6.07) is 11.5. The van der Waals surface area contributed by atoms with Crippen LogP contribution in [0.3, 0.4) is 0 Å². The number of hydrogen-bond acceptors (Lipinski definition) is 2. The molecule has 0 aromatic heterocycles. The van der Waals surface area contributed by atoms with Gasteiger partial charge in [-0.3, -0.25) is 14.5 Å². The molecule has 1 atom stereocenters. The van der Waals surface area contributed by atoms with E-state index in [9.17, 15) is 14.0 Å². The van der Waals surface area contributed by atoms with Crippen LogP contribution in [-0.2, 0) is 11.3 Å². The number of anilines is 1. The van der Waals surface area contributed by atoms with E-state index in [2.05, 4.69) is 15.9 Å². The molecule has 118 valence electrons. The number of hydrogen-bond donors (Lipinski definition) is 1. The number of ketones is 1. The number of nitrogens with zero attached hydrogens (tertiary/aromatic N) is 1. The van der Waals surface area contributed by atoms with Crippen LogP contribution in [-0.4, -0.2) is 25.4 Å². The number of carbonyl (C=O) groups is 2. The van der Waals surface area contributed by atoms with E-state index in [1.54, 1.807) is 24.3 Å². The van der Waals surface area contributed by atoms with Gasteiger partial charge in [0.05, 0.1) is 18.3 Å². The van der Waals surface area contributed by atoms with E-state index in [-0.39, 0.29) is 5.82 Å². The van der Waals surface area contributed by atoms with E-state index < -0.39 is 11.7 Å². The standard InChI is InChI=1S/C17H14BrFN2O2/c1-20(9-11-2-5-13(19)6-3-11)10-21-15-7-4-12(18)8-14(15)16(22)17(21)23/h2-8H,9-10H2,1H3/p+1. The van der Waals surface area contributed by atoms with Gasteiger partial charge in [-0.15, -0.1) is 0 Å². The quantitative estimate of drug-likeness (QED) is 0.825. The zero-order valence-electron chi connectivity index (χ0n) is 12.5. The zero-order valence-corrected chi connectivity index (χ0v) is 14.1. The van der Waals surface area contributed by atoms with Crippen LogP contribution in [0.15, 0.2) is 46.9 Å². The molecule has 0 fully saturated rings. The minimum absolute atomic E-state index is 0.272. The summed E-state index contributed by atoms with van der Waals surface area (Å²) in [5, 5.41) is 0. The normalized spacial score (nSPS) is 15.0. The molecule has 0 bridgehead atoms. The second kappa shape index (κ2) is 6.22. The molecule has 1 aliphatic heterocycles. The minimum Gasteiger partial charge on any atom is -0.316 e. The summed E-state index contributed by atoms with van der Waals surface area (Å²) in [5.41, 5.74) is 2.04. The van der Waals surface area contributed by atoms with Gasteiger partial charge in [-0.05, 0) is 30.3 Å². The van der Waals surface area contributed by atoms with Crippen LogP contribution in [0, 0.1) is 5.82 Å². The smallest absolute Gasteiger partial charge is 0.303 e. The molecule has 1 heterocycles. The first kappa shape index (κ1) is 15.8. The van der Waals surface area contributed by atoms with E-state index in [4.69, 9.17) is 0 Å². The molecule has 1 amide bonds. The van der Waals surface area contributed by atoms with Gasteiger partial charge >= 0.3 is 5.91 Å². The Kier molecular flexibility index (Phi) is 4.28. The third-order valence-electron chi connectivity index (χ3n) is 3.78. The van der Waals surface area contributed by atoms with Gasteiger partial charge in [0.25, 0.3) is 5.78 Å². The maximum Gasteiger partial charge on any atom is 0.303 e. The molecule has 1 unspecified atom stereocenters. The Balaban J connectivity index is 1.76. The first-order chi connectivity index (χ1) is 11.0. The Bertz CT molecular complexity index is 777. The molecule has 0 saturated carbocycles. The number of carbonyl (C=O) groups excluding carboxylic acids is 2. The van der Waals surface area contributed by atoms with Crippen molar-refractivity contribution < 1.29 is 18.9 Å². The van der Waals surface area contributed by atoms with Crippen LogP contribution in [0.25, 0.3) is 0 Å². The van der Waals surface area contributed by atoms with Crippen molar-refractivity contribution in [1.82, 2.24) is 0 Å². The van der Waals surface area contributed by atoms with Crippen molar-refractivity contribution in [2.24, 2.45) is 0 Å². The highest BCUT2D eigenvalue weighted by Crippen LogP contribution is 2.30. The van der Waals surface area contributed by atoms with Crippen molar-refractivity contribution in [2.75, 3.05) is 18.6 Å². The molecule has 1 aliphatic rings. The van der Waals surface area contributed by atoms with Gasteiger partial charge in [-0.25, -0.2) is 4.39 Å². The molecule has 2 aromatic rings. The van der Waals surface area contributed by atoms with Crippen molar-refractivity contribution in [2.45, 2.75) is 6.54 Å². The Morgan fingerprint density at radius 1 is 1.13 bits per heavy atom. The molecule has 3 rings (SSSR count). The first-order valence-electron chi connectivity index (χ1n) is 7.17. The number of rotatable bonds is 4. The summed E-state index contributed by atoms with van der Waals surface area (Å²) in [4.78, 5) is 26.8. The highest BCUT2D eigenvalue weighted by Gasteiger charge is 2.37. The fourth-order valence-corrected chi connectivity index (χ4v) is 3.07. The molecule has 23 heavy (non-hydrogen) atoms. The molecule has 1 N–H and O–H groups in total. The lowest BCUT2D eigenvalue weighted by molar-refractivity contribution is -0.892. The summed E-state index contributed by atoms with van der Waals surface area (Å²) in [6.07, 6.45) is 0. The number of benzene rings is 2. The van der Waals surface area contributed by atoms with Crippen molar-refractivity contribution in [3.63, 3.8) is 0 Å². The van der Waals surface area contributed by atoms with Crippen LogP contribution < -0.4 is 9.80 Å². The molecular formula is C17H15BrFN2O2+. The van der Waals surface area contributed by atoms with E-state index in [1.165, 1.54) is 17.0 Å². The zero-order chi connectivity index (χ0) is 16.6. The van der Waals surface area contributed by atoms with Gasteiger partial charge in [0.2, 0.25) is 0 Å². The van der Waals surface area contributed by atoms with Crippen molar-refractivity contribution in [1.29, 1.82) is 0 Å². The first-order valence-corrected chi connectivity index (χ1v) is 7.96. The van der Waals surface area contributed by atoms with Crippen LogP contribution in [0.2, 0.25) is 0 Å². The molecule has 0 saturated heterocycles. The lowest BCUT2D eigenvalue weighted by Gasteiger charge is -2.21. The lowest BCUT2D eigenvalue weighted by Crippen LogP contribution is -3.09. The van der Waals surface area contributed by atoms with E-state index in [0.717, 1.165) is 14.9 Å². The lowest BCUT2D eigenvalue weighted by atomic mass is 10.1. The Morgan fingerprint density at radius 2 is 1.83 bits per heavy atom. The predicted octanol–water partition coefficient (Wildman–Crippen LogP) is 1.79.